The number of rotatable bonds is 5. The highest BCUT2D eigenvalue weighted by atomic mass is 19.1. The van der Waals surface area contributed by atoms with Crippen LogP contribution in [0.3, 0.4) is 0 Å². The molecule has 2 N–H and O–H groups in total. The maximum absolute atomic E-state index is 12.9. The van der Waals surface area contributed by atoms with Crippen molar-refractivity contribution in [2.45, 2.75) is 6.92 Å². The molecule has 0 aliphatic rings. The lowest BCUT2D eigenvalue weighted by Crippen LogP contribution is -2.18. The number of hydrogen-bond donors (Lipinski definition) is 2. The van der Waals surface area contributed by atoms with Crippen molar-refractivity contribution < 1.29 is 18.5 Å². The largest absolute Gasteiger partial charge is 0.329 e. The molecule has 0 aliphatic carbocycles. The highest BCUT2D eigenvalue weighted by Crippen LogP contribution is 2.16. The fourth-order valence-electron chi connectivity index (χ4n) is 2.10. The topological polar surface area (TPSA) is 109 Å². The van der Waals surface area contributed by atoms with Gasteiger partial charge in [0.2, 0.25) is 11.7 Å². The lowest BCUT2D eigenvalue weighted by Gasteiger charge is -2.01. The van der Waals surface area contributed by atoms with E-state index in [1.807, 2.05) is 0 Å². The van der Waals surface area contributed by atoms with E-state index in [2.05, 4.69) is 26.0 Å². The van der Waals surface area contributed by atoms with Crippen LogP contribution in [-0.2, 0) is 4.79 Å². The van der Waals surface area contributed by atoms with Gasteiger partial charge in [0.15, 0.2) is 0 Å². The van der Waals surface area contributed by atoms with Crippen LogP contribution < -0.4 is 10.7 Å². The Hall–Kier alpha value is -3.88. The molecule has 136 valence electrons. The number of aromatic nitrogens is 2. The van der Waals surface area contributed by atoms with E-state index in [0.29, 0.717) is 16.8 Å². The number of nitrogens with one attached hydrogen (secondary N) is 2. The minimum atomic E-state index is -0.679. The van der Waals surface area contributed by atoms with Crippen molar-refractivity contribution >= 4 is 23.7 Å². The van der Waals surface area contributed by atoms with Crippen LogP contribution in [0.5, 0.6) is 0 Å². The molecule has 0 bridgehead atoms. The maximum Gasteiger partial charge on any atom is 0.329 e. The lowest BCUT2D eigenvalue weighted by molar-refractivity contribution is -0.114. The number of anilines is 1. The van der Waals surface area contributed by atoms with Gasteiger partial charge in [0.05, 0.1) is 6.21 Å². The number of hydrogen-bond acceptors (Lipinski definition) is 6. The predicted molar refractivity (Wildman–Crippen MR) is 95.5 cm³/mol. The summed E-state index contributed by atoms with van der Waals surface area (Å²) in [5.41, 5.74) is 4.15. The first-order valence-electron chi connectivity index (χ1n) is 7.82. The summed E-state index contributed by atoms with van der Waals surface area (Å²) in [7, 11) is 0. The highest BCUT2D eigenvalue weighted by molar-refractivity contribution is 5.91. The number of carbonyl (C=O) groups excluding carboxylic acids is 2. The Labute approximate surface area is 153 Å². The molecule has 9 heteroatoms. The van der Waals surface area contributed by atoms with Crippen molar-refractivity contribution in [3.8, 4) is 11.4 Å². The molecule has 8 nitrogen and oxygen atoms in total. The summed E-state index contributed by atoms with van der Waals surface area (Å²) < 4.78 is 17.8. The quantitative estimate of drug-likeness (QED) is 0.532. The fourth-order valence-corrected chi connectivity index (χ4v) is 2.10. The predicted octanol–water partition coefficient (Wildman–Crippen LogP) is 2.60. The van der Waals surface area contributed by atoms with E-state index >= 15 is 0 Å². The molecule has 0 saturated carbocycles. The molecule has 3 rings (SSSR count). The summed E-state index contributed by atoms with van der Waals surface area (Å²) in [6.45, 7) is 1.42. The molecule has 0 radical (unpaired) electrons. The Kier molecular flexibility index (Phi) is 5.31. The third-order valence-corrected chi connectivity index (χ3v) is 3.33. The van der Waals surface area contributed by atoms with Crippen molar-refractivity contribution in [2.24, 2.45) is 5.10 Å². The zero-order chi connectivity index (χ0) is 19.2. The molecule has 0 atom stereocenters. The molecule has 0 saturated heterocycles. The van der Waals surface area contributed by atoms with Crippen LogP contribution in [0.2, 0.25) is 0 Å². The van der Waals surface area contributed by atoms with Gasteiger partial charge in [0.1, 0.15) is 5.82 Å². The van der Waals surface area contributed by atoms with E-state index in [-0.39, 0.29) is 23.4 Å². The second kappa shape index (κ2) is 8.00. The monoisotopic (exact) mass is 367 g/mol. The van der Waals surface area contributed by atoms with Crippen molar-refractivity contribution in [3.05, 3.63) is 65.8 Å². The SMILES string of the molecule is CC(=O)Nc1ccc(/C=N/NC(=O)c2nc(-c3ccc(F)cc3)no2)cc1. The van der Waals surface area contributed by atoms with Gasteiger partial charge in [-0.15, -0.1) is 0 Å². The minimum absolute atomic E-state index is 0.164. The number of benzene rings is 2. The van der Waals surface area contributed by atoms with Crippen molar-refractivity contribution in [1.82, 2.24) is 15.6 Å². The molecule has 27 heavy (non-hydrogen) atoms. The molecule has 2 amide bonds. The molecule has 2 aromatic carbocycles. The first kappa shape index (κ1) is 17.9. The summed E-state index contributed by atoms with van der Waals surface area (Å²) in [4.78, 5) is 26.9. The Bertz CT molecular complexity index is 981. The van der Waals surface area contributed by atoms with Crippen molar-refractivity contribution in [3.63, 3.8) is 0 Å². The average molecular weight is 367 g/mol. The van der Waals surface area contributed by atoms with Gasteiger partial charge in [-0.3, -0.25) is 9.59 Å². The normalized spacial score (nSPS) is 10.7. The van der Waals surface area contributed by atoms with Crippen LogP contribution >= 0.6 is 0 Å². The molecule has 0 aliphatic heterocycles. The van der Waals surface area contributed by atoms with E-state index in [0.717, 1.165) is 0 Å². The van der Waals surface area contributed by atoms with E-state index < -0.39 is 5.91 Å². The van der Waals surface area contributed by atoms with Crippen LogP contribution in [-0.4, -0.2) is 28.2 Å². The second-order valence-electron chi connectivity index (χ2n) is 5.43. The first-order chi connectivity index (χ1) is 13.0. The number of carbonyl (C=O) groups is 2. The average Bonchev–Trinajstić information content (AvgIpc) is 3.13. The van der Waals surface area contributed by atoms with Gasteiger partial charge in [0, 0.05) is 18.2 Å². The third kappa shape index (κ3) is 4.82. The highest BCUT2D eigenvalue weighted by Gasteiger charge is 2.15. The Morgan fingerprint density at radius 1 is 1.11 bits per heavy atom. The van der Waals surface area contributed by atoms with Gasteiger partial charge >= 0.3 is 11.8 Å². The standard InChI is InChI=1S/C18H14FN5O3/c1-11(25)21-15-8-2-12(3-9-15)10-20-23-17(26)18-22-16(24-27-18)13-4-6-14(19)7-5-13/h2-10H,1H3,(H,21,25)(H,23,26)/b20-10+. The van der Waals surface area contributed by atoms with Gasteiger partial charge in [-0.05, 0) is 42.0 Å². The second-order valence-corrected chi connectivity index (χ2v) is 5.43. The summed E-state index contributed by atoms with van der Waals surface area (Å²) in [6.07, 6.45) is 1.42. The van der Waals surface area contributed by atoms with Crippen LogP contribution in [0, 0.1) is 5.82 Å². The molecule has 1 heterocycles. The Morgan fingerprint density at radius 3 is 2.48 bits per heavy atom. The zero-order valence-corrected chi connectivity index (χ0v) is 14.1. The van der Waals surface area contributed by atoms with Gasteiger partial charge in [-0.25, -0.2) is 9.82 Å². The summed E-state index contributed by atoms with van der Waals surface area (Å²) >= 11 is 0. The van der Waals surface area contributed by atoms with Gasteiger partial charge < -0.3 is 9.84 Å². The van der Waals surface area contributed by atoms with E-state index in [4.69, 9.17) is 4.52 Å². The summed E-state index contributed by atoms with van der Waals surface area (Å²) in [5, 5.41) is 10.1. The van der Waals surface area contributed by atoms with Crippen molar-refractivity contribution in [1.29, 1.82) is 0 Å². The molecule has 0 fully saturated rings. The number of amides is 2. The molecule has 0 spiro atoms. The Morgan fingerprint density at radius 2 is 1.81 bits per heavy atom. The number of nitrogens with zero attached hydrogens (tertiary/aromatic N) is 3. The first-order valence-corrected chi connectivity index (χ1v) is 7.82. The molecule has 0 unspecified atom stereocenters. The fraction of sp³-hybridized carbons (Fsp3) is 0.0556. The van der Waals surface area contributed by atoms with Crippen LogP contribution in [0.4, 0.5) is 10.1 Å². The van der Waals surface area contributed by atoms with Gasteiger partial charge in [-0.1, -0.05) is 17.3 Å². The lowest BCUT2D eigenvalue weighted by atomic mass is 10.2. The molecule has 3 aromatic rings. The van der Waals surface area contributed by atoms with Crippen LogP contribution in [0.1, 0.15) is 23.2 Å². The molecule has 1 aromatic heterocycles. The van der Waals surface area contributed by atoms with E-state index in [1.165, 1.54) is 37.4 Å². The van der Waals surface area contributed by atoms with Crippen molar-refractivity contribution in [2.75, 3.05) is 5.32 Å². The summed E-state index contributed by atoms with van der Waals surface area (Å²) in [5.74, 6) is -1.34. The van der Waals surface area contributed by atoms with E-state index in [1.54, 1.807) is 24.3 Å². The van der Waals surface area contributed by atoms with E-state index in [9.17, 15) is 14.0 Å². The number of halogens is 1. The summed E-state index contributed by atoms with van der Waals surface area (Å²) in [6, 6.07) is 12.3. The minimum Gasteiger partial charge on any atom is -0.328 e. The van der Waals surface area contributed by atoms with Gasteiger partial charge in [0.25, 0.3) is 0 Å². The number of hydrazone groups is 1. The Balaban J connectivity index is 1.60. The van der Waals surface area contributed by atoms with Crippen LogP contribution in [0.25, 0.3) is 11.4 Å². The molecular formula is C18H14FN5O3. The van der Waals surface area contributed by atoms with Crippen LogP contribution in [0.15, 0.2) is 58.2 Å². The zero-order valence-electron chi connectivity index (χ0n) is 14.1. The third-order valence-electron chi connectivity index (χ3n) is 3.33. The van der Waals surface area contributed by atoms with Gasteiger partial charge in [-0.2, -0.15) is 10.1 Å². The maximum atomic E-state index is 12.9. The molecular weight excluding hydrogens is 353 g/mol. The smallest absolute Gasteiger partial charge is 0.328 e.